The fourth-order valence-electron chi connectivity index (χ4n) is 4.15. The maximum Gasteiger partial charge on any atom is 0.323 e. The van der Waals surface area contributed by atoms with Crippen LogP contribution >= 0.6 is 11.8 Å². The highest BCUT2D eigenvalue weighted by Gasteiger charge is 2.40. The molecule has 7 nitrogen and oxygen atoms in total. The van der Waals surface area contributed by atoms with E-state index in [1.54, 1.807) is 18.2 Å². The van der Waals surface area contributed by atoms with Crippen molar-refractivity contribution < 1.29 is 19.5 Å². The number of thioether (sulfide) groups is 1. The second-order valence-corrected chi connectivity index (χ2v) is 9.14. The van der Waals surface area contributed by atoms with Crippen molar-refractivity contribution in [1.82, 2.24) is 10.3 Å². The average molecular weight is 472 g/mol. The van der Waals surface area contributed by atoms with E-state index in [4.69, 9.17) is 0 Å². The molecule has 2 amide bonds. The van der Waals surface area contributed by atoms with Crippen LogP contribution in [0.1, 0.15) is 21.3 Å². The van der Waals surface area contributed by atoms with Gasteiger partial charge in [-0.1, -0.05) is 60.7 Å². The van der Waals surface area contributed by atoms with E-state index in [1.165, 1.54) is 16.7 Å². The van der Waals surface area contributed by atoms with Gasteiger partial charge in [-0.05, 0) is 29.8 Å². The van der Waals surface area contributed by atoms with Crippen LogP contribution in [0.3, 0.4) is 0 Å². The molecule has 3 N–H and O–H groups in total. The molecule has 0 spiro atoms. The molecule has 0 saturated heterocycles. The van der Waals surface area contributed by atoms with Gasteiger partial charge in [-0.3, -0.25) is 19.3 Å². The number of carbonyl (C=O) groups is 3. The standard InChI is InChI=1S/C26H21N3O4S/c30-22(31)15-29-20-12-6-7-13-21(20)34-24(16-8-2-1-3-9-16)23(26(29)33)28-25(32)19-14-17-10-4-5-11-18(17)27-19/h1-14,23-24,27H,15H2,(H,28,32)(H,30,31)/t23-,24-/m0/s1. The van der Waals surface area contributed by atoms with E-state index in [0.29, 0.717) is 11.4 Å². The van der Waals surface area contributed by atoms with Crippen LogP contribution in [0.2, 0.25) is 0 Å². The largest absolute Gasteiger partial charge is 0.480 e. The van der Waals surface area contributed by atoms with Gasteiger partial charge >= 0.3 is 5.97 Å². The summed E-state index contributed by atoms with van der Waals surface area (Å²) in [6.07, 6.45) is 0. The minimum Gasteiger partial charge on any atom is -0.480 e. The number of amides is 2. The first-order valence-electron chi connectivity index (χ1n) is 10.7. The highest BCUT2D eigenvalue weighted by molar-refractivity contribution is 7.99. The van der Waals surface area contributed by atoms with Gasteiger partial charge in [0.2, 0.25) is 0 Å². The number of fused-ring (bicyclic) bond motifs is 2. The molecular formula is C26H21N3O4S. The van der Waals surface area contributed by atoms with Crippen LogP contribution < -0.4 is 10.2 Å². The van der Waals surface area contributed by atoms with Crippen molar-refractivity contribution >= 4 is 46.1 Å². The number of anilines is 1. The number of nitrogens with zero attached hydrogens (tertiary/aromatic N) is 1. The van der Waals surface area contributed by atoms with Crippen LogP contribution in [-0.2, 0) is 9.59 Å². The molecule has 170 valence electrons. The Hall–Kier alpha value is -4.04. The number of nitrogens with one attached hydrogen (secondary N) is 2. The molecule has 0 fully saturated rings. The molecule has 0 bridgehead atoms. The fourth-order valence-corrected chi connectivity index (χ4v) is 5.50. The van der Waals surface area contributed by atoms with Crippen molar-refractivity contribution in [1.29, 1.82) is 0 Å². The quantitative estimate of drug-likeness (QED) is 0.404. The number of carboxylic acid groups (broad SMARTS) is 1. The van der Waals surface area contributed by atoms with E-state index < -0.39 is 35.6 Å². The number of carboxylic acids is 1. The summed E-state index contributed by atoms with van der Waals surface area (Å²) in [6, 6.07) is 24.9. The lowest BCUT2D eigenvalue weighted by atomic mass is 10.0. The molecule has 2 atom stereocenters. The molecule has 2 heterocycles. The van der Waals surface area contributed by atoms with Gasteiger partial charge in [0.1, 0.15) is 18.3 Å². The Morgan fingerprint density at radius 3 is 2.44 bits per heavy atom. The first kappa shape index (κ1) is 21.8. The van der Waals surface area contributed by atoms with Crippen molar-refractivity contribution in [2.45, 2.75) is 16.2 Å². The second-order valence-electron chi connectivity index (χ2n) is 7.96. The van der Waals surface area contributed by atoms with Crippen molar-refractivity contribution in [2.75, 3.05) is 11.4 Å². The van der Waals surface area contributed by atoms with Gasteiger partial charge in [0.05, 0.1) is 10.9 Å². The zero-order valence-corrected chi connectivity index (χ0v) is 18.8. The highest BCUT2D eigenvalue weighted by Crippen LogP contribution is 2.45. The summed E-state index contributed by atoms with van der Waals surface area (Å²) in [6.45, 7) is -0.503. The molecule has 5 rings (SSSR count). The van der Waals surface area contributed by atoms with Crippen molar-refractivity contribution in [3.8, 4) is 0 Å². The molecule has 0 aliphatic carbocycles. The number of aromatic amines is 1. The third-order valence-electron chi connectivity index (χ3n) is 5.73. The Morgan fingerprint density at radius 2 is 1.68 bits per heavy atom. The highest BCUT2D eigenvalue weighted by atomic mass is 32.2. The molecule has 0 unspecified atom stereocenters. The molecule has 4 aromatic rings. The van der Waals surface area contributed by atoms with Gasteiger partial charge in [0.15, 0.2) is 0 Å². The smallest absolute Gasteiger partial charge is 0.323 e. The second kappa shape index (κ2) is 9.07. The first-order chi connectivity index (χ1) is 16.5. The topological polar surface area (TPSA) is 102 Å². The van der Waals surface area contributed by atoms with Gasteiger partial charge in [0.25, 0.3) is 11.8 Å². The van der Waals surface area contributed by atoms with Crippen LogP contribution in [0.25, 0.3) is 10.9 Å². The molecule has 1 aliphatic heterocycles. The normalized spacial score (nSPS) is 17.8. The minimum absolute atomic E-state index is 0.331. The molecule has 34 heavy (non-hydrogen) atoms. The molecule has 1 aliphatic rings. The Morgan fingerprint density at radius 1 is 0.971 bits per heavy atom. The molecule has 0 radical (unpaired) electrons. The predicted molar refractivity (Wildman–Crippen MR) is 131 cm³/mol. The van der Waals surface area contributed by atoms with Crippen LogP contribution in [0.5, 0.6) is 0 Å². The Bertz CT molecular complexity index is 1350. The lowest BCUT2D eigenvalue weighted by Crippen LogP contribution is -2.51. The van der Waals surface area contributed by atoms with E-state index in [1.807, 2.05) is 66.7 Å². The van der Waals surface area contributed by atoms with E-state index >= 15 is 0 Å². The molecular weight excluding hydrogens is 450 g/mol. The zero-order chi connectivity index (χ0) is 23.7. The van der Waals surface area contributed by atoms with Gasteiger partial charge in [0, 0.05) is 15.8 Å². The summed E-state index contributed by atoms with van der Waals surface area (Å²) in [4.78, 5) is 43.8. The third kappa shape index (κ3) is 4.15. The molecule has 0 saturated carbocycles. The fraction of sp³-hybridized carbons (Fsp3) is 0.115. The number of hydrogen-bond acceptors (Lipinski definition) is 4. The maximum atomic E-state index is 13.8. The molecule has 1 aromatic heterocycles. The summed E-state index contributed by atoms with van der Waals surface area (Å²) in [5, 5.41) is 12.8. The lowest BCUT2D eigenvalue weighted by Gasteiger charge is -2.27. The van der Waals surface area contributed by atoms with Crippen molar-refractivity contribution in [2.24, 2.45) is 0 Å². The number of benzene rings is 3. The van der Waals surface area contributed by atoms with Crippen LogP contribution in [-0.4, -0.2) is 40.5 Å². The summed E-state index contributed by atoms with van der Waals surface area (Å²) >= 11 is 1.44. The SMILES string of the molecule is O=C(O)CN1C(=O)[C@@H](NC(=O)c2cc3ccccc3[nH]2)[C@H](c2ccccc2)Sc2ccccc21. The number of para-hydroxylation sites is 2. The monoisotopic (exact) mass is 471 g/mol. The van der Waals surface area contributed by atoms with Crippen LogP contribution in [0, 0.1) is 0 Å². The number of hydrogen-bond donors (Lipinski definition) is 3. The number of aliphatic carboxylic acids is 1. The summed E-state index contributed by atoms with van der Waals surface area (Å²) in [5.41, 5.74) is 2.52. The number of rotatable bonds is 5. The van der Waals surface area contributed by atoms with Crippen molar-refractivity contribution in [3.63, 3.8) is 0 Å². The van der Waals surface area contributed by atoms with Gasteiger partial charge in [-0.15, -0.1) is 11.8 Å². The van der Waals surface area contributed by atoms with E-state index in [-0.39, 0.29) is 0 Å². The summed E-state index contributed by atoms with van der Waals surface area (Å²) < 4.78 is 0. The number of carbonyl (C=O) groups excluding carboxylic acids is 2. The zero-order valence-electron chi connectivity index (χ0n) is 18.0. The third-order valence-corrected chi connectivity index (χ3v) is 7.12. The lowest BCUT2D eigenvalue weighted by molar-refractivity contribution is -0.136. The van der Waals surface area contributed by atoms with Crippen molar-refractivity contribution in [3.05, 3.63) is 96.2 Å². The molecule has 8 heteroatoms. The minimum atomic E-state index is -1.13. The van der Waals surface area contributed by atoms with Crippen LogP contribution in [0.4, 0.5) is 5.69 Å². The number of aromatic nitrogens is 1. The maximum absolute atomic E-state index is 13.8. The van der Waals surface area contributed by atoms with E-state index in [2.05, 4.69) is 10.3 Å². The van der Waals surface area contributed by atoms with Crippen LogP contribution in [0.15, 0.2) is 89.8 Å². The van der Waals surface area contributed by atoms with Gasteiger partial charge in [-0.25, -0.2) is 0 Å². The Labute approximate surface area is 199 Å². The average Bonchev–Trinajstić information content (AvgIpc) is 3.25. The Balaban J connectivity index is 1.57. The van der Waals surface area contributed by atoms with Gasteiger partial charge < -0.3 is 15.4 Å². The van der Waals surface area contributed by atoms with E-state index in [9.17, 15) is 19.5 Å². The predicted octanol–water partition coefficient (Wildman–Crippen LogP) is 4.23. The van der Waals surface area contributed by atoms with E-state index in [0.717, 1.165) is 21.4 Å². The first-order valence-corrected chi connectivity index (χ1v) is 11.6. The summed E-state index contributed by atoms with van der Waals surface area (Å²) in [5.74, 6) is -2.04. The van der Waals surface area contributed by atoms with Gasteiger partial charge in [-0.2, -0.15) is 0 Å². The Kier molecular flexibility index (Phi) is 5.81. The number of H-pyrrole nitrogens is 1. The molecule has 3 aromatic carbocycles. The summed E-state index contributed by atoms with van der Waals surface area (Å²) in [7, 11) is 0.